The Morgan fingerprint density at radius 1 is 0.821 bits per heavy atom. The van der Waals surface area contributed by atoms with Crippen LogP contribution < -0.4 is 24.6 Å². The number of aromatic hydroxyl groups is 1. The van der Waals surface area contributed by atoms with Gasteiger partial charge in [0.05, 0.1) is 24.9 Å². The van der Waals surface area contributed by atoms with Crippen LogP contribution in [0.2, 0.25) is 0 Å². The molecule has 10 rings (SSSR count). The number of pyridine rings is 1. The van der Waals surface area contributed by atoms with Crippen LogP contribution in [0.5, 0.6) is 17.2 Å². The molecule has 3 saturated heterocycles. The van der Waals surface area contributed by atoms with E-state index in [1.165, 1.54) is 18.4 Å². The molecule has 4 aromatic rings. The highest BCUT2D eigenvalue weighted by molar-refractivity contribution is 6.06. The number of fused-ring (bicyclic) bond motifs is 6. The third-order valence-electron chi connectivity index (χ3n) is 11.6. The largest absolute Gasteiger partial charge is 0.508 e. The summed E-state index contributed by atoms with van der Waals surface area (Å²) in [5.41, 5.74) is 3.72. The fourth-order valence-corrected chi connectivity index (χ4v) is 8.68. The van der Waals surface area contributed by atoms with Crippen molar-refractivity contribution in [2.24, 2.45) is 5.92 Å². The van der Waals surface area contributed by atoms with Crippen molar-refractivity contribution in [1.82, 2.24) is 20.1 Å². The molecule has 2 unspecified atom stereocenters. The van der Waals surface area contributed by atoms with E-state index in [1.807, 2.05) is 66.9 Å². The Kier molecular flexibility index (Phi) is 11.3. The lowest BCUT2D eigenvalue weighted by molar-refractivity contribution is -0.136. The van der Waals surface area contributed by atoms with Crippen LogP contribution in [-0.2, 0) is 22.6 Å². The number of hydrogen-bond acceptors (Lipinski definition) is 10. The summed E-state index contributed by atoms with van der Waals surface area (Å²) in [5, 5.41) is 11.5. The molecule has 2 N–H and O–H groups in total. The molecule has 2 atom stereocenters. The Morgan fingerprint density at radius 3 is 2.38 bits per heavy atom. The summed E-state index contributed by atoms with van der Waals surface area (Å²) >= 11 is 0. The van der Waals surface area contributed by atoms with Gasteiger partial charge in [-0.15, -0.1) is 0 Å². The van der Waals surface area contributed by atoms with E-state index < -0.39 is 6.04 Å². The van der Waals surface area contributed by atoms with E-state index in [0.717, 1.165) is 87.3 Å². The minimum Gasteiger partial charge on any atom is -0.508 e. The number of phenols is 1. The Labute approximate surface area is 328 Å². The summed E-state index contributed by atoms with van der Waals surface area (Å²) < 4.78 is 11.7. The van der Waals surface area contributed by atoms with E-state index in [-0.39, 0.29) is 35.9 Å². The van der Waals surface area contributed by atoms with Crippen LogP contribution in [0.1, 0.15) is 53.6 Å². The van der Waals surface area contributed by atoms with Gasteiger partial charge in [-0.1, -0.05) is 48.5 Å². The molecule has 12 nitrogen and oxygen atoms in total. The fourth-order valence-electron chi connectivity index (χ4n) is 8.68. The second-order valence-electron chi connectivity index (χ2n) is 15.3. The predicted molar refractivity (Wildman–Crippen MR) is 213 cm³/mol. The maximum atomic E-state index is 13.2. The van der Waals surface area contributed by atoms with Gasteiger partial charge in [0.25, 0.3) is 5.91 Å². The molecular formula is C44H50N6O6. The monoisotopic (exact) mass is 758 g/mol. The molecule has 6 aliphatic rings. The van der Waals surface area contributed by atoms with Crippen molar-refractivity contribution in [3.63, 3.8) is 0 Å². The van der Waals surface area contributed by atoms with E-state index in [4.69, 9.17) is 14.6 Å². The predicted octanol–water partition coefficient (Wildman–Crippen LogP) is 5.05. The van der Waals surface area contributed by atoms with Crippen LogP contribution in [0.15, 0.2) is 91.1 Å². The minimum absolute atomic E-state index is 0.160. The van der Waals surface area contributed by atoms with Crippen molar-refractivity contribution >= 4 is 29.2 Å². The molecule has 3 fully saturated rings. The third-order valence-corrected chi connectivity index (χ3v) is 11.6. The zero-order valence-electron chi connectivity index (χ0n) is 31.7. The molecule has 292 valence electrons. The summed E-state index contributed by atoms with van der Waals surface area (Å²) in [5.74, 6) is 2.86. The van der Waals surface area contributed by atoms with E-state index in [0.29, 0.717) is 31.1 Å². The van der Waals surface area contributed by atoms with Gasteiger partial charge in [-0.2, -0.15) is 0 Å². The van der Waals surface area contributed by atoms with Crippen LogP contribution in [0.4, 0.5) is 11.5 Å². The molecule has 12 heteroatoms. The number of aryl methyl sites for hydroxylation is 1. The van der Waals surface area contributed by atoms with Crippen LogP contribution in [0, 0.1) is 5.92 Å². The average Bonchev–Trinajstić information content (AvgIpc) is 3.58. The summed E-state index contributed by atoms with van der Waals surface area (Å²) in [6.07, 6.45) is 6.99. The van der Waals surface area contributed by atoms with E-state index in [2.05, 4.69) is 37.1 Å². The van der Waals surface area contributed by atoms with Crippen molar-refractivity contribution in [1.29, 1.82) is 0 Å². The number of carbonyl (C=O) groups excluding carboxylic acids is 3. The standard InChI is InChI=1S/C29H34N6O4.C9H10O2.C6H6/c36-26-7-6-24(28(37)31-26)35-17-22-21(29(35)38)4-5-23-27(22)39-18-20-16-32(13-14-34(20)23)15-19-8-11-33(12-9-19)25-3-1-2-10-30-25;10-8-4-3-7-2-1-5-11-9(7)6-8;1-2-4-6-5-3-1/h1-5,10,19-20,24H,6-9,11-18H2,(H,31,36,37);3-4,6,10H,1-2,5H2;1-6H. The van der Waals surface area contributed by atoms with Gasteiger partial charge < -0.3 is 29.3 Å². The number of nitrogens with zero attached hydrogens (tertiary/aromatic N) is 5. The van der Waals surface area contributed by atoms with E-state index in [9.17, 15) is 14.4 Å². The molecule has 0 spiro atoms. The molecule has 3 amide bonds. The third kappa shape index (κ3) is 8.30. The minimum atomic E-state index is -0.617. The second-order valence-corrected chi connectivity index (χ2v) is 15.3. The lowest BCUT2D eigenvalue weighted by Crippen LogP contribution is -2.58. The van der Waals surface area contributed by atoms with Gasteiger partial charge in [-0.3, -0.25) is 24.6 Å². The number of imide groups is 1. The van der Waals surface area contributed by atoms with Gasteiger partial charge in [0, 0.05) is 69.1 Å². The number of carbonyl (C=O) groups is 3. The number of piperazine rings is 1. The van der Waals surface area contributed by atoms with Gasteiger partial charge in [-0.25, -0.2) is 4.98 Å². The fraction of sp³-hybridized carbons (Fsp3) is 0.409. The molecule has 1 aromatic heterocycles. The highest BCUT2D eigenvalue weighted by atomic mass is 16.5. The van der Waals surface area contributed by atoms with Crippen molar-refractivity contribution in [2.45, 2.75) is 57.2 Å². The highest BCUT2D eigenvalue weighted by Crippen LogP contribution is 2.43. The van der Waals surface area contributed by atoms with Gasteiger partial charge in [0.2, 0.25) is 11.8 Å². The lowest BCUT2D eigenvalue weighted by Gasteiger charge is -2.47. The maximum absolute atomic E-state index is 13.2. The summed E-state index contributed by atoms with van der Waals surface area (Å²) in [6, 6.07) is 27.0. The number of nitrogens with one attached hydrogen (secondary N) is 1. The second kappa shape index (κ2) is 17.0. The van der Waals surface area contributed by atoms with Crippen molar-refractivity contribution in [3.8, 4) is 17.2 Å². The molecule has 0 bridgehead atoms. The number of phenolic OH excluding ortho intramolecular Hbond substituents is 1. The van der Waals surface area contributed by atoms with Crippen molar-refractivity contribution in [3.05, 3.63) is 108 Å². The molecule has 0 radical (unpaired) electrons. The van der Waals surface area contributed by atoms with Crippen LogP contribution >= 0.6 is 0 Å². The molecule has 56 heavy (non-hydrogen) atoms. The Morgan fingerprint density at radius 2 is 1.62 bits per heavy atom. The normalized spacial score (nSPS) is 21.7. The average molecular weight is 759 g/mol. The first-order valence-corrected chi connectivity index (χ1v) is 19.9. The zero-order chi connectivity index (χ0) is 38.4. The first-order valence-electron chi connectivity index (χ1n) is 19.9. The van der Waals surface area contributed by atoms with Crippen LogP contribution in [0.3, 0.4) is 0 Å². The van der Waals surface area contributed by atoms with Crippen molar-refractivity contribution in [2.75, 3.05) is 62.3 Å². The number of hydrogen-bond donors (Lipinski definition) is 2. The van der Waals surface area contributed by atoms with E-state index >= 15 is 0 Å². The lowest BCUT2D eigenvalue weighted by atomic mass is 9.95. The SMILES string of the molecule is O=C1CCC(N2Cc3c(ccc4c3OCC3CN(CC5CCN(c6ccccn6)CC5)CCN43)C2=O)C(=O)N1.Oc1ccc2c(c1)OCCC2.c1ccccc1. The van der Waals surface area contributed by atoms with Gasteiger partial charge >= 0.3 is 0 Å². The number of benzene rings is 3. The van der Waals surface area contributed by atoms with Crippen LogP contribution in [-0.4, -0.2) is 102 Å². The number of aromatic nitrogens is 1. The number of anilines is 2. The molecule has 7 heterocycles. The van der Waals surface area contributed by atoms with Gasteiger partial charge in [-0.05, 0) is 73.9 Å². The van der Waals surface area contributed by atoms with E-state index in [1.54, 1.807) is 17.0 Å². The molecule has 0 saturated carbocycles. The summed E-state index contributed by atoms with van der Waals surface area (Å²) in [6.45, 7) is 7.84. The first kappa shape index (κ1) is 37.3. The maximum Gasteiger partial charge on any atom is 0.255 e. The van der Waals surface area contributed by atoms with Crippen molar-refractivity contribution < 1.29 is 29.0 Å². The zero-order valence-corrected chi connectivity index (χ0v) is 31.7. The first-order chi connectivity index (χ1) is 27.4. The number of ether oxygens (including phenoxy) is 2. The van der Waals surface area contributed by atoms with Gasteiger partial charge in [0.1, 0.15) is 35.7 Å². The Hall–Kier alpha value is -5.62. The summed E-state index contributed by atoms with van der Waals surface area (Å²) in [7, 11) is 0. The summed E-state index contributed by atoms with van der Waals surface area (Å²) in [4.78, 5) is 50.8. The number of amides is 3. The molecule has 3 aromatic carbocycles. The van der Waals surface area contributed by atoms with Crippen LogP contribution in [0.25, 0.3) is 0 Å². The Bertz CT molecular complexity index is 1980. The molecule has 6 aliphatic heterocycles. The quantitative estimate of drug-likeness (QED) is 0.273. The molecule has 0 aliphatic carbocycles. The Balaban J connectivity index is 0.000000212. The number of piperidine rings is 2. The smallest absolute Gasteiger partial charge is 0.255 e. The van der Waals surface area contributed by atoms with Gasteiger partial charge in [0.15, 0.2) is 0 Å². The number of rotatable bonds is 4. The highest BCUT2D eigenvalue weighted by Gasteiger charge is 2.43. The topological polar surface area (TPSA) is 128 Å². The molecular weight excluding hydrogens is 709 g/mol.